The maximum atomic E-state index is 5.71. The minimum absolute atomic E-state index is 0.365. The van der Waals surface area contributed by atoms with E-state index in [1.807, 2.05) is 4.68 Å². The molecule has 12 heavy (non-hydrogen) atoms. The fraction of sp³-hybridized carbons (Fsp3) is 0.750. The molecular weight excluding hydrogens is 174 g/mol. The molecule has 0 aliphatic rings. The van der Waals surface area contributed by atoms with Crippen molar-refractivity contribution in [2.45, 2.75) is 39.1 Å². The van der Waals surface area contributed by atoms with Crippen LogP contribution in [0.15, 0.2) is 0 Å². The van der Waals surface area contributed by atoms with Gasteiger partial charge in [-0.05, 0) is 20.3 Å². The van der Waals surface area contributed by atoms with Crippen molar-refractivity contribution in [1.29, 1.82) is 0 Å². The van der Waals surface area contributed by atoms with Crippen molar-refractivity contribution in [3.8, 4) is 0 Å². The second-order valence-electron chi connectivity index (χ2n) is 3.01. The van der Waals surface area contributed by atoms with Gasteiger partial charge in [0.15, 0.2) is 0 Å². The standard InChI is InChI=1S/C8H14ClN3/c1-4-8-7(5-9)10-11-12(8)6(2)3/h6H,4-5H2,1-3H3. The first-order valence-corrected chi connectivity index (χ1v) is 4.73. The largest absolute Gasteiger partial charge is 0.247 e. The Morgan fingerprint density at radius 1 is 1.50 bits per heavy atom. The Bertz CT molecular complexity index is 255. The van der Waals surface area contributed by atoms with Crippen LogP contribution in [0.2, 0.25) is 0 Å². The molecule has 0 saturated heterocycles. The van der Waals surface area contributed by atoms with Gasteiger partial charge in [-0.1, -0.05) is 12.1 Å². The van der Waals surface area contributed by atoms with Gasteiger partial charge in [0, 0.05) is 6.04 Å². The molecule has 1 heterocycles. The Morgan fingerprint density at radius 2 is 2.17 bits per heavy atom. The molecule has 0 aromatic carbocycles. The maximum Gasteiger partial charge on any atom is 0.101 e. The molecule has 0 aliphatic heterocycles. The molecule has 0 fully saturated rings. The van der Waals surface area contributed by atoms with Gasteiger partial charge in [0.25, 0.3) is 0 Å². The van der Waals surface area contributed by atoms with Crippen molar-refractivity contribution in [3.63, 3.8) is 0 Å². The molecule has 1 aromatic heterocycles. The Morgan fingerprint density at radius 3 is 2.58 bits per heavy atom. The van der Waals surface area contributed by atoms with E-state index >= 15 is 0 Å². The smallest absolute Gasteiger partial charge is 0.101 e. The van der Waals surface area contributed by atoms with Gasteiger partial charge >= 0.3 is 0 Å². The van der Waals surface area contributed by atoms with E-state index in [2.05, 4.69) is 31.1 Å². The number of halogens is 1. The Kier molecular flexibility index (Phi) is 3.09. The lowest BCUT2D eigenvalue weighted by Crippen LogP contribution is -2.07. The molecule has 0 atom stereocenters. The van der Waals surface area contributed by atoms with Crippen LogP contribution in [0.5, 0.6) is 0 Å². The summed E-state index contributed by atoms with van der Waals surface area (Å²) in [4.78, 5) is 0. The SMILES string of the molecule is CCc1c(CCl)nnn1C(C)C. The summed E-state index contributed by atoms with van der Waals surface area (Å²) < 4.78 is 1.93. The molecule has 1 aromatic rings. The number of nitrogens with zero attached hydrogens (tertiary/aromatic N) is 3. The first-order valence-electron chi connectivity index (χ1n) is 4.19. The average Bonchev–Trinajstić information content (AvgIpc) is 2.46. The number of hydrogen-bond donors (Lipinski definition) is 0. The summed E-state index contributed by atoms with van der Waals surface area (Å²) in [7, 11) is 0. The summed E-state index contributed by atoms with van der Waals surface area (Å²) in [6.45, 7) is 6.27. The molecule has 0 spiro atoms. The molecule has 0 radical (unpaired) electrons. The lowest BCUT2D eigenvalue weighted by atomic mass is 10.2. The van der Waals surface area contributed by atoms with Gasteiger partial charge in [0.05, 0.1) is 11.6 Å². The molecular formula is C8H14ClN3. The van der Waals surface area contributed by atoms with Crippen LogP contribution in [0.1, 0.15) is 38.2 Å². The maximum absolute atomic E-state index is 5.71. The third kappa shape index (κ3) is 1.61. The lowest BCUT2D eigenvalue weighted by molar-refractivity contribution is 0.496. The Hall–Kier alpha value is -0.570. The molecule has 1 rings (SSSR count). The van der Waals surface area contributed by atoms with E-state index in [1.165, 1.54) is 0 Å². The summed E-state index contributed by atoms with van der Waals surface area (Å²) in [6, 6.07) is 0.365. The molecule has 0 bridgehead atoms. The number of aromatic nitrogens is 3. The molecule has 68 valence electrons. The summed E-state index contributed by atoms with van der Waals surface area (Å²) >= 11 is 5.71. The van der Waals surface area contributed by atoms with E-state index in [1.54, 1.807) is 0 Å². The van der Waals surface area contributed by atoms with E-state index in [0.717, 1.165) is 17.8 Å². The molecule has 0 N–H and O–H groups in total. The second kappa shape index (κ2) is 3.90. The summed E-state index contributed by atoms with van der Waals surface area (Å²) in [6.07, 6.45) is 0.938. The zero-order valence-corrected chi connectivity index (χ0v) is 8.47. The highest BCUT2D eigenvalue weighted by Crippen LogP contribution is 2.13. The summed E-state index contributed by atoms with van der Waals surface area (Å²) in [5.41, 5.74) is 2.06. The third-order valence-corrected chi connectivity index (χ3v) is 2.08. The van der Waals surface area contributed by atoms with Crippen molar-refractivity contribution in [3.05, 3.63) is 11.4 Å². The van der Waals surface area contributed by atoms with Crippen LogP contribution in [-0.4, -0.2) is 15.0 Å². The molecule has 0 aliphatic carbocycles. The van der Waals surface area contributed by atoms with Gasteiger partial charge in [-0.2, -0.15) is 0 Å². The van der Waals surface area contributed by atoms with Gasteiger partial charge < -0.3 is 0 Å². The number of hydrogen-bond acceptors (Lipinski definition) is 2. The quantitative estimate of drug-likeness (QED) is 0.679. The molecule has 4 heteroatoms. The highest BCUT2D eigenvalue weighted by atomic mass is 35.5. The lowest BCUT2D eigenvalue weighted by Gasteiger charge is -2.07. The Balaban J connectivity index is 3.05. The van der Waals surface area contributed by atoms with Crippen LogP contribution in [-0.2, 0) is 12.3 Å². The summed E-state index contributed by atoms with van der Waals surface area (Å²) in [5, 5.41) is 8.05. The number of alkyl halides is 1. The van der Waals surface area contributed by atoms with Crippen molar-refractivity contribution < 1.29 is 0 Å². The van der Waals surface area contributed by atoms with E-state index in [9.17, 15) is 0 Å². The van der Waals surface area contributed by atoms with Crippen molar-refractivity contribution in [2.75, 3.05) is 0 Å². The minimum Gasteiger partial charge on any atom is -0.247 e. The minimum atomic E-state index is 0.365. The van der Waals surface area contributed by atoms with Gasteiger partial charge in [0.1, 0.15) is 5.69 Å². The normalized spacial score (nSPS) is 11.1. The molecule has 0 amide bonds. The van der Waals surface area contributed by atoms with Crippen molar-refractivity contribution in [1.82, 2.24) is 15.0 Å². The Labute approximate surface area is 77.7 Å². The van der Waals surface area contributed by atoms with Crippen LogP contribution in [0.25, 0.3) is 0 Å². The third-order valence-electron chi connectivity index (χ3n) is 1.82. The van der Waals surface area contributed by atoms with E-state index < -0.39 is 0 Å². The fourth-order valence-corrected chi connectivity index (χ4v) is 1.44. The van der Waals surface area contributed by atoms with E-state index in [4.69, 9.17) is 11.6 Å². The second-order valence-corrected chi connectivity index (χ2v) is 3.28. The van der Waals surface area contributed by atoms with Crippen LogP contribution >= 0.6 is 11.6 Å². The zero-order valence-electron chi connectivity index (χ0n) is 7.71. The topological polar surface area (TPSA) is 30.7 Å². The van der Waals surface area contributed by atoms with E-state index in [0.29, 0.717) is 11.9 Å². The highest BCUT2D eigenvalue weighted by molar-refractivity contribution is 6.16. The molecule has 3 nitrogen and oxygen atoms in total. The summed E-state index contributed by atoms with van der Waals surface area (Å²) in [5.74, 6) is 0.454. The predicted molar refractivity (Wildman–Crippen MR) is 49.3 cm³/mol. The van der Waals surface area contributed by atoms with Crippen LogP contribution in [0, 0.1) is 0 Å². The van der Waals surface area contributed by atoms with Gasteiger partial charge in [0.2, 0.25) is 0 Å². The van der Waals surface area contributed by atoms with Crippen LogP contribution < -0.4 is 0 Å². The average molecular weight is 188 g/mol. The first kappa shape index (κ1) is 9.52. The predicted octanol–water partition coefficient (Wildman–Crippen LogP) is 2.16. The van der Waals surface area contributed by atoms with Crippen molar-refractivity contribution in [2.24, 2.45) is 0 Å². The highest BCUT2D eigenvalue weighted by Gasteiger charge is 2.11. The first-order chi connectivity index (χ1) is 5.70. The van der Waals surface area contributed by atoms with Crippen molar-refractivity contribution >= 4 is 11.6 Å². The van der Waals surface area contributed by atoms with Gasteiger partial charge in [-0.25, -0.2) is 4.68 Å². The van der Waals surface area contributed by atoms with Gasteiger partial charge in [-0.15, -0.1) is 16.7 Å². The van der Waals surface area contributed by atoms with Crippen LogP contribution in [0.4, 0.5) is 0 Å². The molecule has 0 unspecified atom stereocenters. The monoisotopic (exact) mass is 187 g/mol. The number of rotatable bonds is 3. The fourth-order valence-electron chi connectivity index (χ4n) is 1.23. The van der Waals surface area contributed by atoms with Gasteiger partial charge in [-0.3, -0.25) is 0 Å². The molecule has 0 saturated carbocycles. The van der Waals surface area contributed by atoms with E-state index in [-0.39, 0.29) is 0 Å². The zero-order chi connectivity index (χ0) is 9.14. The van der Waals surface area contributed by atoms with Crippen LogP contribution in [0.3, 0.4) is 0 Å².